The first-order chi connectivity index (χ1) is 9.92. The maximum Gasteiger partial charge on any atom is 0.261 e. The average molecular weight is 300 g/mol. The Kier molecular flexibility index (Phi) is 4.29. The van der Waals surface area contributed by atoms with Crippen molar-refractivity contribution in [2.75, 3.05) is 4.72 Å². The summed E-state index contributed by atoms with van der Waals surface area (Å²) in [6.07, 6.45) is 0. The summed E-state index contributed by atoms with van der Waals surface area (Å²) in [7, 11) is -3.63. The summed E-state index contributed by atoms with van der Waals surface area (Å²) < 4.78 is 27.0. The lowest BCUT2D eigenvalue weighted by Gasteiger charge is -2.10. The molecule has 0 atom stereocenters. The molecule has 2 aromatic rings. The predicted molar refractivity (Wildman–Crippen MR) is 82.5 cm³/mol. The van der Waals surface area contributed by atoms with Crippen molar-refractivity contribution in [1.82, 2.24) is 0 Å². The zero-order valence-corrected chi connectivity index (χ0v) is 12.7. The van der Waals surface area contributed by atoms with E-state index in [2.05, 4.69) is 18.6 Å². The second-order valence-corrected chi connectivity index (χ2v) is 6.70. The predicted octanol–water partition coefficient (Wildman–Crippen LogP) is 3.48. The summed E-state index contributed by atoms with van der Waals surface area (Å²) in [6.45, 7) is 4.16. The van der Waals surface area contributed by atoms with E-state index in [1.165, 1.54) is 24.3 Å². The molecule has 0 heterocycles. The third kappa shape index (κ3) is 3.61. The Morgan fingerprint density at radius 2 is 1.57 bits per heavy atom. The van der Waals surface area contributed by atoms with Gasteiger partial charge in [0.2, 0.25) is 0 Å². The van der Waals surface area contributed by atoms with Crippen molar-refractivity contribution in [2.45, 2.75) is 24.7 Å². The zero-order chi connectivity index (χ0) is 15.5. The fraction of sp³-hybridized carbons (Fsp3) is 0.188. The second kappa shape index (κ2) is 5.98. The summed E-state index contributed by atoms with van der Waals surface area (Å²) in [5, 5.41) is 8.72. The van der Waals surface area contributed by atoms with Crippen molar-refractivity contribution in [1.29, 1.82) is 5.26 Å². The monoisotopic (exact) mass is 300 g/mol. The highest BCUT2D eigenvalue weighted by Gasteiger charge is 2.14. The first-order valence-corrected chi connectivity index (χ1v) is 8.03. The van der Waals surface area contributed by atoms with Crippen LogP contribution in [0.1, 0.15) is 30.9 Å². The second-order valence-electron chi connectivity index (χ2n) is 5.02. The van der Waals surface area contributed by atoms with E-state index in [-0.39, 0.29) is 4.90 Å². The Hall–Kier alpha value is -2.32. The zero-order valence-electron chi connectivity index (χ0n) is 11.9. The highest BCUT2D eigenvalue weighted by molar-refractivity contribution is 7.92. The van der Waals surface area contributed by atoms with Crippen LogP contribution in [0.15, 0.2) is 53.4 Å². The Morgan fingerprint density at radius 3 is 2.05 bits per heavy atom. The van der Waals surface area contributed by atoms with Crippen LogP contribution in [0.5, 0.6) is 0 Å². The van der Waals surface area contributed by atoms with E-state index in [1.54, 1.807) is 12.1 Å². The van der Waals surface area contributed by atoms with Crippen molar-refractivity contribution in [3.05, 3.63) is 59.7 Å². The molecule has 21 heavy (non-hydrogen) atoms. The van der Waals surface area contributed by atoms with E-state index in [0.29, 0.717) is 17.2 Å². The molecule has 0 aliphatic rings. The molecule has 0 saturated heterocycles. The lowest BCUT2D eigenvalue weighted by molar-refractivity contribution is 0.601. The topological polar surface area (TPSA) is 70.0 Å². The molecule has 0 bridgehead atoms. The molecule has 2 rings (SSSR count). The van der Waals surface area contributed by atoms with Crippen molar-refractivity contribution < 1.29 is 8.42 Å². The van der Waals surface area contributed by atoms with Gasteiger partial charge in [-0.2, -0.15) is 5.26 Å². The smallest absolute Gasteiger partial charge is 0.261 e. The first-order valence-electron chi connectivity index (χ1n) is 6.55. The molecule has 5 heteroatoms. The van der Waals surface area contributed by atoms with Crippen LogP contribution in [0.3, 0.4) is 0 Å². The van der Waals surface area contributed by atoms with Crippen LogP contribution >= 0.6 is 0 Å². The van der Waals surface area contributed by atoms with Gasteiger partial charge in [0.1, 0.15) is 0 Å². The number of rotatable bonds is 4. The molecule has 0 radical (unpaired) electrons. The highest BCUT2D eigenvalue weighted by Crippen LogP contribution is 2.20. The van der Waals surface area contributed by atoms with Crippen molar-refractivity contribution in [2.24, 2.45) is 0 Å². The summed E-state index contributed by atoms with van der Waals surface area (Å²) in [6, 6.07) is 15.1. The van der Waals surface area contributed by atoms with Gasteiger partial charge in [-0.25, -0.2) is 8.42 Å². The van der Waals surface area contributed by atoms with Crippen LogP contribution in [-0.4, -0.2) is 8.42 Å². The van der Waals surface area contributed by atoms with Crippen molar-refractivity contribution in [3.8, 4) is 6.07 Å². The minimum Gasteiger partial charge on any atom is -0.280 e. The molecular weight excluding hydrogens is 284 g/mol. The lowest BCUT2D eigenvalue weighted by Crippen LogP contribution is -2.12. The number of nitrogens with one attached hydrogen (secondary N) is 1. The van der Waals surface area contributed by atoms with Gasteiger partial charge < -0.3 is 0 Å². The molecule has 0 aliphatic carbocycles. The van der Waals surface area contributed by atoms with E-state index >= 15 is 0 Å². The Labute approximate surface area is 125 Å². The minimum absolute atomic E-state index is 0.134. The molecule has 2 aromatic carbocycles. The van der Waals surface area contributed by atoms with Gasteiger partial charge in [-0.3, -0.25) is 4.72 Å². The van der Waals surface area contributed by atoms with Crippen molar-refractivity contribution in [3.63, 3.8) is 0 Å². The van der Waals surface area contributed by atoms with Gasteiger partial charge in [0.15, 0.2) is 0 Å². The van der Waals surface area contributed by atoms with Crippen LogP contribution in [-0.2, 0) is 10.0 Å². The standard InChI is InChI=1S/C16H16N2O2S/c1-12(2)14-5-7-15(8-6-14)18-21(19,20)16-9-3-13(11-17)4-10-16/h3-10,12,18H,1-2H3. The van der Waals surface area contributed by atoms with E-state index in [1.807, 2.05) is 18.2 Å². The summed E-state index contributed by atoms with van der Waals surface area (Å²) in [5.41, 5.74) is 2.09. The molecule has 0 amide bonds. The maximum absolute atomic E-state index is 12.2. The highest BCUT2D eigenvalue weighted by atomic mass is 32.2. The van der Waals surface area contributed by atoms with E-state index in [9.17, 15) is 8.42 Å². The number of hydrogen-bond donors (Lipinski definition) is 1. The van der Waals surface area contributed by atoms with Gasteiger partial charge in [0.05, 0.1) is 16.5 Å². The molecular formula is C16H16N2O2S. The van der Waals surface area contributed by atoms with E-state index in [0.717, 1.165) is 5.56 Å². The fourth-order valence-corrected chi connectivity index (χ4v) is 2.92. The van der Waals surface area contributed by atoms with Gasteiger partial charge in [-0.15, -0.1) is 0 Å². The molecule has 0 aromatic heterocycles. The van der Waals surface area contributed by atoms with Gasteiger partial charge in [-0.1, -0.05) is 26.0 Å². The van der Waals surface area contributed by atoms with Crippen LogP contribution in [0.2, 0.25) is 0 Å². The number of nitriles is 1. The van der Waals surface area contributed by atoms with Crippen LogP contribution in [0, 0.1) is 11.3 Å². The third-order valence-corrected chi connectivity index (χ3v) is 4.52. The largest absolute Gasteiger partial charge is 0.280 e. The summed E-state index contributed by atoms with van der Waals surface area (Å²) in [4.78, 5) is 0.134. The minimum atomic E-state index is -3.63. The van der Waals surface area contributed by atoms with Gasteiger partial charge in [-0.05, 0) is 47.9 Å². The van der Waals surface area contributed by atoms with Gasteiger partial charge in [0, 0.05) is 5.69 Å². The summed E-state index contributed by atoms with van der Waals surface area (Å²) >= 11 is 0. The molecule has 0 saturated carbocycles. The van der Waals surface area contributed by atoms with Gasteiger partial charge >= 0.3 is 0 Å². The molecule has 0 unspecified atom stereocenters. The molecule has 0 aliphatic heterocycles. The summed E-state index contributed by atoms with van der Waals surface area (Å²) in [5.74, 6) is 0.397. The van der Waals surface area contributed by atoms with Crippen LogP contribution in [0.25, 0.3) is 0 Å². The van der Waals surface area contributed by atoms with Gasteiger partial charge in [0.25, 0.3) is 10.0 Å². The van der Waals surface area contributed by atoms with E-state index in [4.69, 9.17) is 5.26 Å². The molecule has 108 valence electrons. The normalized spacial score (nSPS) is 11.1. The van der Waals surface area contributed by atoms with Crippen molar-refractivity contribution >= 4 is 15.7 Å². The number of nitrogens with zero attached hydrogens (tertiary/aromatic N) is 1. The number of hydrogen-bond acceptors (Lipinski definition) is 3. The molecule has 0 fully saturated rings. The Balaban J connectivity index is 2.22. The van der Waals surface area contributed by atoms with E-state index < -0.39 is 10.0 Å². The Bertz CT molecular complexity index is 755. The lowest BCUT2D eigenvalue weighted by atomic mass is 10.0. The molecule has 0 spiro atoms. The molecule has 1 N–H and O–H groups in total. The van der Waals surface area contributed by atoms with Crippen LogP contribution in [0.4, 0.5) is 5.69 Å². The maximum atomic E-state index is 12.2. The fourth-order valence-electron chi connectivity index (χ4n) is 1.86. The SMILES string of the molecule is CC(C)c1ccc(NS(=O)(=O)c2ccc(C#N)cc2)cc1. The molecule has 4 nitrogen and oxygen atoms in total. The number of benzene rings is 2. The van der Waals surface area contributed by atoms with Crippen LogP contribution < -0.4 is 4.72 Å². The quantitative estimate of drug-likeness (QED) is 0.939. The first kappa shape index (κ1) is 15.1. The number of sulfonamides is 1. The Morgan fingerprint density at radius 1 is 1.00 bits per heavy atom. The average Bonchev–Trinajstić information content (AvgIpc) is 2.47. The number of anilines is 1. The third-order valence-electron chi connectivity index (χ3n) is 3.12.